The van der Waals surface area contributed by atoms with Gasteiger partial charge in [0.1, 0.15) is 0 Å². The molecule has 0 atom stereocenters. The van der Waals surface area contributed by atoms with Crippen LogP contribution < -0.4 is 10.2 Å². The van der Waals surface area contributed by atoms with E-state index in [0.29, 0.717) is 32.0 Å². The van der Waals surface area contributed by atoms with E-state index in [2.05, 4.69) is 10.2 Å². The summed E-state index contributed by atoms with van der Waals surface area (Å²) in [6.07, 6.45) is 0. The number of sulfonamides is 1. The molecule has 1 amide bonds. The van der Waals surface area contributed by atoms with E-state index >= 15 is 0 Å². The maximum Gasteiger partial charge on any atom is 0.338 e. The topological polar surface area (TPSA) is 105 Å². The average molecular weight is 476 g/mol. The molecule has 0 spiro atoms. The minimum absolute atomic E-state index is 0.00505. The Hall–Kier alpha value is -2.95. The summed E-state index contributed by atoms with van der Waals surface area (Å²) in [6, 6.07) is 13.0. The highest BCUT2D eigenvalue weighted by Crippen LogP contribution is 2.20. The van der Waals surface area contributed by atoms with Gasteiger partial charge < -0.3 is 19.7 Å². The van der Waals surface area contributed by atoms with E-state index < -0.39 is 28.5 Å². The van der Waals surface area contributed by atoms with Crippen LogP contribution in [0.4, 0.5) is 11.4 Å². The SMILES string of the molecule is CCN(CC)S(=O)(=O)c1cccc(C(=O)OCC(=O)Nc2ccc(N3CCOCC3)cc2)c1. The first kappa shape index (κ1) is 24.7. The molecule has 1 N–H and O–H groups in total. The molecule has 0 unspecified atom stereocenters. The fourth-order valence-electron chi connectivity index (χ4n) is 3.48. The van der Waals surface area contributed by atoms with Crippen LogP contribution in [0.1, 0.15) is 24.2 Å². The maximum absolute atomic E-state index is 12.7. The molecule has 2 aromatic rings. The lowest BCUT2D eigenvalue weighted by atomic mass is 10.2. The third-order valence-electron chi connectivity index (χ3n) is 5.27. The summed E-state index contributed by atoms with van der Waals surface area (Å²) in [5.41, 5.74) is 1.69. The van der Waals surface area contributed by atoms with Crippen molar-refractivity contribution in [3.63, 3.8) is 0 Å². The van der Waals surface area contributed by atoms with Gasteiger partial charge in [-0.15, -0.1) is 0 Å². The van der Waals surface area contributed by atoms with Crippen LogP contribution in [0, 0.1) is 0 Å². The van der Waals surface area contributed by atoms with Gasteiger partial charge in [-0.05, 0) is 42.5 Å². The number of carbonyl (C=O) groups excluding carboxylic acids is 2. The average Bonchev–Trinajstić information content (AvgIpc) is 2.84. The highest BCUT2D eigenvalue weighted by molar-refractivity contribution is 7.89. The Bertz CT molecular complexity index is 1060. The Labute approximate surface area is 194 Å². The molecule has 1 aliphatic rings. The summed E-state index contributed by atoms with van der Waals surface area (Å²) in [6.45, 7) is 6.65. The predicted octanol–water partition coefficient (Wildman–Crippen LogP) is 2.35. The van der Waals surface area contributed by atoms with Crippen molar-refractivity contribution in [2.24, 2.45) is 0 Å². The predicted molar refractivity (Wildman–Crippen MR) is 125 cm³/mol. The molecule has 0 saturated carbocycles. The van der Waals surface area contributed by atoms with Crippen LogP contribution in [0.25, 0.3) is 0 Å². The summed E-state index contributed by atoms with van der Waals surface area (Å²) >= 11 is 0. The Balaban J connectivity index is 1.56. The van der Waals surface area contributed by atoms with E-state index in [1.807, 2.05) is 12.1 Å². The molecule has 178 valence electrons. The molecule has 9 nitrogen and oxygen atoms in total. The molecule has 0 aliphatic carbocycles. The lowest BCUT2D eigenvalue weighted by molar-refractivity contribution is -0.119. The number of rotatable bonds is 9. The van der Waals surface area contributed by atoms with Crippen LogP contribution in [0.2, 0.25) is 0 Å². The largest absolute Gasteiger partial charge is 0.452 e. The first-order chi connectivity index (χ1) is 15.8. The van der Waals surface area contributed by atoms with Gasteiger partial charge in [0, 0.05) is 37.6 Å². The first-order valence-corrected chi connectivity index (χ1v) is 12.3. The van der Waals surface area contributed by atoms with Crippen LogP contribution in [-0.2, 0) is 24.3 Å². The van der Waals surface area contributed by atoms with E-state index in [4.69, 9.17) is 9.47 Å². The second-order valence-corrected chi connectivity index (χ2v) is 9.33. The quantitative estimate of drug-likeness (QED) is 0.555. The Morgan fingerprint density at radius 1 is 1.06 bits per heavy atom. The number of hydrogen-bond donors (Lipinski definition) is 1. The third kappa shape index (κ3) is 6.31. The zero-order chi connectivity index (χ0) is 23.8. The summed E-state index contributed by atoms with van der Waals surface area (Å²) in [4.78, 5) is 26.8. The summed E-state index contributed by atoms with van der Waals surface area (Å²) in [7, 11) is -3.71. The molecule has 10 heteroatoms. The second kappa shape index (κ2) is 11.3. The molecule has 0 radical (unpaired) electrons. The number of morpholine rings is 1. The molecule has 2 aromatic carbocycles. The number of anilines is 2. The number of benzene rings is 2. The normalized spacial score (nSPS) is 14.2. The molecule has 3 rings (SSSR count). The van der Waals surface area contributed by atoms with Gasteiger partial charge in [0.25, 0.3) is 5.91 Å². The number of hydrogen-bond acceptors (Lipinski definition) is 7. The van der Waals surface area contributed by atoms with E-state index in [9.17, 15) is 18.0 Å². The fourth-order valence-corrected chi connectivity index (χ4v) is 4.99. The maximum atomic E-state index is 12.7. The molecule has 1 saturated heterocycles. The summed E-state index contributed by atoms with van der Waals surface area (Å²) in [5, 5.41) is 2.68. The van der Waals surface area contributed by atoms with Crippen molar-refractivity contribution >= 4 is 33.3 Å². The van der Waals surface area contributed by atoms with Crippen molar-refractivity contribution in [1.82, 2.24) is 4.31 Å². The van der Waals surface area contributed by atoms with Gasteiger partial charge in [0.15, 0.2) is 6.61 Å². The Morgan fingerprint density at radius 2 is 1.73 bits per heavy atom. The number of nitrogens with zero attached hydrogens (tertiary/aromatic N) is 2. The minimum Gasteiger partial charge on any atom is -0.452 e. The van der Waals surface area contributed by atoms with Gasteiger partial charge >= 0.3 is 5.97 Å². The van der Waals surface area contributed by atoms with E-state index in [0.717, 1.165) is 18.8 Å². The molecule has 1 heterocycles. The van der Waals surface area contributed by atoms with Gasteiger partial charge in [-0.1, -0.05) is 19.9 Å². The van der Waals surface area contributed by atoms with Crippen molar-refractivity contribution in [2.75, 3.05) is 56.2 Å². The molecule has 33 heavy (non-hydrogen) atoms. The van der Waals surface area contributed by atoms with Crippen LogP contribution in [0.5, 0.6) is 0 Å². The molecule has 1 fully saturated rings. The van der Waals surface area contributed by atoms with Gasteiger partial charge in [0.05, 0.1) is 23.7 Å². The van der Waals surface area contributed by atoms with Crippen molar-refractivity contribution in [3.05, 3.63) is 54.1 Å². The van der Waals surface area contributed by atoms with Gasteiger partial charge in [-0.2, -0.15) is 4.31 Å². The zero-order valence-corrected chi connectivity index (χ0v) is 19.6. The monoisotopic (exact) mass is 475 g/mol. The number of ether oxygens (including phenoxy) is 2. The summed E-state index contributed by atoms with van der Waals surface area (Å²) < 4.78 is 37.1. The first-order valence-electron chi connectivity index (χ1n) is 10.8. The van der Waals surface area contributed by atoms with Gasteiger partial charge in [0.2, 0.25) is 10.0 Å². The van der Waals surface area contributed by atoms with Crippen molar-refractivity contribution in [2.45, 2.75) is 18.7 Å². The number of amides is 1. The minimum atomic E-state index is -3.71. The number of carbonyl (C=O) groups is 2. The van der Waals surface area contributed by atoms with Crippen molar-refractivity contribution in [1.29, 1.82) is 0 Å². The second-order valence-electron chi connectivity index (χ2n) is 7.39. The standard InChI is InChI=1S/C23H29N3O6S/c1-3-26(4-2)33(29,30)21-7-5-6-18(16-21)23(28)32-17-22(27)24-19-8-10-20(11-9-19)25-12-14-31-15-13-25/h5-11,16H,3-4,12-15,17H2,1-2H3,(H,24,27). The molecule has 0 bridgehead atoms. The van der Waals surface area contributed by atoms with Crippen LogP contribution in [0.3, 0.4) is 0 Å². The van der Waals surface area contributed by atoms with Crippen molar-refractivity contribution in [3.8, 4) is 0 Å². The van der Waals surface area contributed by atoms with Crippen LogP contribution >= 0.6 is 0 Å². The van der Waals surface area contributed by atoms with Gasteiger partial charge in [-0.3, -0.25) is 4.79 Å². The lowest BCUT2D eigenvalue weighted by Crippen LogP contribution is -2.36. The highest BCUT2D eigenvalue weighted by atomic mass is 32.2. The Morgan fingerprint density at radius 3 is 2.36 bits per heavy atom. The molecular weight excluding hydrogens is 446 g/mol. The third-order valence-corrected chi connectivity index (χ3v) is 7.32. The van der Waals surface area contributed by atoms with Crippen LogP contribution in [0.15, 0.2) is 53.4 Å². The molecular formula is C23H29N3O6S. The van der Waals surface area contributed by atoms with Gasteiger partial charge in [-0.25, -0.2) is 13.2 Å². The fraction of sp³-hybridized carbons (Fsp3) is 0.391. The van der Waals surface area contributed by atoms with E-state index in [1.165, 1.54) is 28.6 Å². The highest BCUT2D eigenvalue weighted by Gasteiger charge is 2.23. The molecule has 0 aromatic heterocycles. The van der Waals surface area contributed by atoms with Crippen LogP contribution in [-0.4, -0.2) is 70.6 Å². The Kier molecular flexibility index (Phi) is 8.43. The number of nitrogens with one attached hydrogen (secondary N) is 1. The summed E-state index contributed by atoms with van der Waals surface area (Å²) in [5.74, 6) is -1.26. The van der Waals surface area contributed by atoms with E-state index in [1.54, 1.807) is 26.0 Å². The number of esters is 1. The molecule has 1 aliphatic heterocycles. The lowest BCUT2D eigenvalue weighted by Gasteiger charge is -2.28. The smallest absolute Gasteiger partial charge is 0.338 e. The van der Waals surface area contributed by atoms with Crippen molar-refractivity contribution < 1.29 is 27.5 Å². The zero-order valence-electron chi connectivity index (χ0n) is 18.8. The van der Waals surface area contributed by atoms with E-state index in [-0.39, 0.29) is 10.5 Å².